The third-order valence-corrected chi connectivity index (χ3v) is 3.78. The molecule has 0 saturated carbocycles. The number of hydrogen-bond acceptors (Lipinski definition) is 3. The summed E-state index contributed by atoms with van der Waals surface area (Å²) >= 11 is 1.71. The second kappa shape index (κ2) is 7.82. The standard InChI is InChI=1S/C12H26N2O2S/c1-6-10(7-17-5)14-11(15)13-8-12(4,16)9(2)3/h9-10,16H,6-8H2,1-5H3,(H2,13,14,15). The lowest BCUT2D eigenvalue weighted by Gasteiger charge is -2.28. The Bertz CT molecular complexity index is 233. The van der Waals surface area contributed by atoms with Crippen molar-refractivity contribution in [1.82, 2.24) is 10.6 Å². The predicted octanol–water partition coefficient (Wildman–Crippen LogP) is 1.83. The number of amides is 2. The van der Waals surface area contributed by atoms with E-state index in [-0.39, 0.29) is 24.5 Å². The Hall–Kier alpha value is -0.420. The van der Waals surface area contributed by atoms with Crippen molar-refractivity contribution in [2.45, 2.75) is 45.8 Å². The normalized spacial score (nSPS) is 16.4. The fourth-order valence-electron chi connectivity index (χ4n) is 1.16. The molecule has 0 aromatic heterocycles. The summed E-state index contributed by atoms with van der Waals surface area (Å²) in [7, 11) is 0. The molecule has 102 valence electrons. The Morgan fingerprint density at radius 2 is 2.06 bits per heavy atom. The van der Waals surface area contributed by atoms with Gasteiger partial charge in [-0.05, 0) is 25.5 Å². The number of rotatable bonds is 7. The van der Waals surface area contributed by atoms with Crippen LogP contribution >= 0.6 is 11.8 Å². The molecule has 4 nitrogen and oxygen atoms in total. The van der Waals surface area contributed by atoms with Gasteiger partial charge in [-0.3, -0.25) is 0 Å². The van der Waals surface area contributed by atoms with Crippen LogP contribution in [0.4, 0.5) is 4.79 Å². The summed E-state index contributed by atoms with van der Waals surface area (Å²) in [6.45, 7) is 7.92. The summed E-state index contributed by atoms with van der Waals surface area (Å²) in [6.07, 6.45) is 2.93. The van der Waals surface area contributed by atoms with Gasteiger partial charge in [0.15, 0.2) is 0 Å². The molecule has 0 fully saturated rings. The molecule has 5 heteroatoms. The molecule has 0 heterocycles. The molecular formula is C12H26N2O2S. The average Bonchev–Trinajstić information content (AvgIpc) is 2.25. The van der Waals surface area contributed by atoms with Gasteiger partial charge in [-0.15, -0.1) is 0 Å². The maximum absolute atomic E-state index is 11.6. The first-order chi connectivity index (χ1) is 7.83. The molecule has 0 radical (unpaired) electrons. The highest BCUT2D eigenvalue weighted by atomic mass is 32.2. The van der Waals surface area contributed by atoms with Gasteiger partial charge in [-0.2, -0.15) is 11.8 Å². The lowest BCUT2D eigenvalue weighted by Crippen LogP contribution is -2.49. The number of carbonyl (C=O) groups is 1. The van der Waals surface area contributed by atoms with Crippen LogP contribution < -0.4 is 10.6 Å². The minimum atomic E-state index is -0.863. The van der Waals surface area contributed by atoms with Crippen LogP contribution in [0.5, 0.6) is 0 Å². The Morgan fingerprint density at radius 1 is 1.47 bits per heavy atom. The minimum Gasteiger partial charge on any atom is -0.388 e. The maximum atomic E-state index is 11.6. The molecule has 0 aliphatic carbocycles. The maximum Gasteiger partial charge on any atom is 0.315 e. The molecule has 2 amide bonds. The monoisotopic (exact) mass is 262 g/mol. The van der Waals surface area contributed by atoms with Crippen molar-refractivity contribution in [2.75, 3.05) is 18.6 Å². The van der Waals surface area contributed by atoms with Crippen molar-refractivity contribution in [3.63, 3.8) is 0 Å². The van der Waals surface area contributed by atoms with E-state index in [1.807, 2.05) is 27.0 Å². The summed E-state index contributed by atoms with van der Waals surface area (Å²) in [6, 6.07) is -0.0131. The van der Waals surface area contributed by atoms with Crippen molar-refractivity contribution < 1.29 is 9.90 Å². The third kappa shape index (κ3) is 6.78. The highest BCUT2D eigenvalue weighted by Crippen LogP contribution is 2.14. The molecule has 0 aliphatic heterocycles. The van der Waals surface area contributed by atoms with Crippen LogP contribution in [0.25, 0.3) is 0 Å². The predicted molar refractivity (Wildman–Crippen MR) is 74.5 cm³/mol. The lowest BCUT2D eigenvalue weighted by molar-refractivity contribution is 0.0165. The molecule has 0 aromatic carbocycles. The van der Waals surface area contributed by atoms with Crippen LogP contribution in [0.1, 0.15) is 34.1 Å². The van der Waals surface area contributed by atoms with E-state index in [0.717, 1.165) is 12.2 Å². The highest BCUT2D eigenvalue weighted by molar-refractivity contribution is 7.98. The summed E-state index contributed by atoms with van der Waals surface area (Å²) in [5.41, 5.74) is -0.863. The molecule has 0 bridgehead atoms. The molecule has 3 N–H and O–H groups in total. The Labute approximate surface area is 109 Å². The van der Waals surface area contributed by atoms with E-state index >= 15 is 0 Å². The molecule has 2 atom stereocenters. The zero-order valence-electron chi connectivity index (χ0n) is 11.5. The van der Waals surface area contributed by atoms with E-state index in [4.69, 9.17) is 0 Å². The molecule has 0 spiro atoms. The second-order valence-corrected chi connectivity index (χ2v) is 5.81. The average molecular weight is 262 g/mol. The van der Waals surface area contributed by atoms with Crippen molar-refractivity contribution in [3.8, 4) is 0 Å². The molecular weight excluding hydrogens is 236 g/mol. The molecule has 0 aliphatic rings. The first-order valence-electron chi connectivity index (χ1n) is 6.09. The van der Waals surface area contributed by atoms with E-state index in [0.29, 0.717) is 0 Å². The number of hydrogen-bond donors (Lipinski definition) is 3. The lowest BCUT2D eigenvalue weighted by atomic mass is 9.93. The molecule has 17 heavy (non-hydrogen) atoms. The first kappa shape index (κ1) is 16.6. The number of urea groups is 1. The van der Waals surface area contributed by atoms with Gasteiger partial charge in [0.05, 0.1) is 5.60 Å². The van der Waals surface area contributed by atoms with Crippen molar-refractivity contribution in [3.05, 3.63) is 0 Å². The van der Waals surface area contributed by atoms with Gasteiger partial charge in [0.2, 0.25) is 0 Å². The zero-order valence-corrected chi connectivity index (χ0v) is 12.4. The zero-order chi connectivity index (χ0) is 13.5. The first-order valence-corrected chi connectivity index (χ1v) is 7.48. The Morgan fingerprint density at radius 3 is 2.47 bits per heavy atom. The van der Waals surface area contributed by atoms with Gasteiger partial charge in [0.25, 0.3) is 0 Å². The van der Waals surface area contributed by atoms with Crippen molar-refractivity contribution in [1.29, 1.82) is 0 Å². The smallest absolute Gasteiger partial charge is 0.315 e. The van der Waals surface area contributed by atoms with Gasteiger partial charge < -0.3 is 15.7 Å². The molecule has 0 saturated heterocycles. The molecule has 2 unspecified atom stereocenters. The third-order valence-electron chi connectivity index (χ3n) is 3.05. The summed E-state index contributed by atoms with van der Waals surface area (Å²) in [4.78, 5) is 11.6. The van der Waals surface area contributed by atoms with E-state index in [1.54, 1.807) is 18.7 Å². The quantitative estimate of drug-likeness (QED) is 0.656. The minimum absolute atomic E-state index is 0.107. The van der Waals surface area contributed by atoms with Crippen LogP contribution in [-0.2, 0) is 0 Å². The summed E-state index contributed by atoms with van der Waals surface area (Å²) < 4.78 is 0. The number of carbonyl (C=O) groups excluding carboxylic acids is 1. The highest BCUT2D eigenvalue weighted by Gasteiger charge is 2.25. The number of nitrogens with one attached hydrogen (secondary N) is 2. The van der Waals surface area contributed by atoms with Crippen LogP contribution in [0.15, 0.2) is 0 Å². The van der Waals surface area contributed by atoms with Gasteiger partial charge in [0, 0.05) is 18.3 Å². The Balaban J connectivity index is 4.02. The van der Waals surface area contributed by atoms with E-state index in [2.05, 4.69) is 10.6 Å². The van der Waals surface area contributed by atoms with Gasteiger partial charge in [0.1, 0.15) is 0 Å². The van der Waals surface area contributed by atoms with Crippen LogP contribution in [-0.4, -0.2) is 41.3 Å². The van der Waals surface area contributed by atoms with Crippen LogP contribution in [0.2, 0.25) is 0 Å². The van der Waals surface area contributed by atoms with E-state index in [1.165, 1.54) is 0 Å². The van der Waals surface area contributed by atoms with Gasteiger partial charge >= 0.3 is 6.03 Å². The SMILES string of the molecule is CCC(CSC)NC(=O)NCC(C)(O)C(C)C. The van der Waals surface area contributed by atoms with Crippen molar-refractivity contribution >= 4 is 17.8 Å². The summed E-state index contributed by atoms with van der Waals surface area (Å²) in [5, 5.41) is 15.6. The number of thioether (sulfide) groups is 1. The molecule has 0 rings (SSSR count). The second-order valence-electron chi connectivity index (χ2n) is 4.90. The fourth-order valence-corrected chi connectivity index (χ4v) is 1.88. The Kier molecular flexibility index (Phi) is 7.63. The van der Waals surface area contributed by atoms with E-state index < -0.39 is 5.60 Å². The van der Waals surface area contributed by atoms with Gasteiger partial charge in [-0.1, -0.05) is 20.8 Å². The van der Waals surface area contributed by atoms with Crippen molar-refractivity contribution in [2.24, 2.45) is 5.92 Å². The topological polar surface area (TPSA) is 61.4 Å². The van der Waals surface area contributed by atoms with Crippen LogP contribution in [0, 0.1) is 5.92 Å². The summed E-state index contributed by atoms with van der Waals surface area (Å²) in [5.74, 6) is 1.01. The van der Waals surface area contributed by atoms with Gasteiger partial charge in [-0.25, -0.2) is 4.79 Å². The van der Waals surface area contributed by atoms with E-state index in [9.17, 15) is 9.90 Å². The fraction of sp³-hybridized carbons (Fsp3) is 0.917. The number of aliphatic hydroxyl groups is 1. The van der Waals surface area contributed by atoms with Crippen LogP contribution in [0.3, 0.4) is 0 Å². The molecule has 0 aromatic rings. The largest absolute Gasteiger partial charge is 0.388 e.